The molecule has 0 saturated heterocycles. The summed E-state index contributed by atoms with van der Waals surface area (Å²) in [5.41, 5.74) is 3.87. The monoisotopic (exact) mass is 381 g/mol. The summed E-state index contributed by atoms with van der Waals surface area (Å²) in [4.78, 5) is 24.3. The molecule has 28 heavy (non-hydrogen) atoms. The molecule has 5 nitrogen and oxygen atoms in total. The van der Waals surface area contributed by atoms with Crippen LogP contribution in [0.15, 0.2) is 48.5 Å². The molecule has 2 N–H and O–H groups in total. The summed E-state index contributed by atoms with van der Waals surface area (Å²) in [6.45, 7) is 6.84. The fourth-order valence-electron chi connectivity index (χ4n) is 3.50. The largest absolute Gasteiger partial charge is 0.481 e. The highest BCUT2D eigenvalue weighted by Gasteiger charge is 2.29. The summed E-state index contributed by atoms with van der Waals surface area (Å²) in [5, 5.41) is 12.2. The summed E-state index contributed by atoms with van der Waals surface area (Å²) in [6, 6.07) is 14.9. The van der Waals surface area contributed by atoms with E-state index in [1.807, 2.05) is 48.5 Å². The van der Waals surface area contributed by atoms with Crippen molar-refractivity contribution in [2.24, 2.45) is 0 Å². The Labute approximate surface area is 165 Å². The Balaban J connectivity index is 1.82. The zero-order chi connectivity index (χ0) is 20.3. The summed E-state index contributed by atoms with van der Waals surface area (Å²) >= 11 is 0. The molecule has 1 aliphatic heterocycles. The SMILES string of the molecule is CC(C)(C)c1ccc([C@H](CC(=O)O)NC(=O)[C@@H]2OCCc3ccccc32)cc1. The van der Waals surface area contributed by atoms with Crippen LogP contribution in [0, 0.1) is 0 Å². The van der Waals surface area contributed by atoms with Crippen molar-refractivity contribution in [3.63, 3.8) is 0 Å². The molecule has 1 heterocycles. The van der Waals surface area contributed by atoms with Gasteiger partial charge in [0.15, 0.2) is 6.10 Å². The van der Waals surface area contributed by atoms with Gasteiger partial charge < -0.3 is 15.2 Å². The number of carbonyl (C=O) groups excluding carboxylic acids is 1. The molecule has 1 amide bonds. The minimum Gasteiger partial charge on any atom is -0.481 e. The first-order valence-electron chi connectivity index (χ1n) is 9.58. The van der Waals surface area contributed by atoms with E-state index in [2.05, 4.69) is 26.1 Å². The first-order valence-corrected chi connectivity index (χ1v) is 9.58. The lowest BCUT2D eigenvalue weighted by atomic mass is 9.86. The van der Waals surface area contributed by atoms with E-state index >= 15 is 0 Å². The molecule has 2 aromatic rings. The predicted molar refractivity (Wildman–Crippen MR) is 107 cm³/mol. The minimum absolute atomic E-state index is 0.00369. The molecule has 0 aliphatic carbocycles. The second-order valence-corrected chi connectivity index (χ2v) is 8.23. The molecule has 1 aliphatic rings. The van der Waals surface area contributed by atoms with Crippen molar-refractivity contribution in [2.75, 3.05) is 6.61 Å². The first kappa shape index (κ1) is 20.1. The van der Waals surface area contributed by atoms with Crippen molar-refractivity contribution in [1.82, 2.24) is 5.32 Å². The van der Waals surface area contributed by atoms with Gasteiger partial charge in [0.2, 0.25) is 0 Å². The lowest BCUT2D eigenvalue weighted by Gasteiger charge is -2.27. The Bertz CT molecular complexity index is 852. The van der Waals surface area contributed by atoms with Crippen LogP contribution in [0.25, 0.3) is 0 Å². The number of fused-ring (bicyclic) bond motifs is 1. The van der Waals surface area contributed by atoms with E-state index in [1.54, 1.807) is 0 Å². The van der Waals surface area contributed by atoms with Gasteiger partial charge in [-0.15, -0.1) is 0 Å². The third-order valence-corrected chi connectivity index (χ3v) is 5.11. The molecule has 0 fully saturated rings. The van der Waals surface area contributed by atoms with E-state index in [1.165, 1.54) is 0 Å². The van der Waals surface area contributed by atoms with Crippen LogP contribution in [-0.4, -0.2) is 23.6 Å². The van der Waals surface area contributed by atoms with Gasteiger partial charge in [-0.2, -0.15) is 0 Å². The third-order valence-electron chi connectivity index (χ3n) is 5.11. The minimum atomic E-state index is -0.963. The van der Waals surface area contributed by atoms with Crippen LogP contribution in [0.3, 0.4) is 0 Å². The first-order chi connectivity index (χ1) is 13.3. The number of hydrogen-bond donors (Lipinski definition) is 2. The van der Waals surface area contributed by atoms with Gasteiger partial charge in [-0.25, -0.2) is 0 Å². The van der Waals surface area contributed by atoms with E-state index in [0.29, 0.717) is 6.61 Å². The molecular formula is C23H27NO4. The molecule has 0 saturated carbocycles. The highest BCUT2D eigenvalue weighted by molar-refractivity contribution is 5.84. The van der Waals surface area contributed by atoms with E-state index in [9.17, 15) is 14.7 Å². The molecule has 148 valence electrons. The molecule has 0 unspecified atom stereocenters. The van der Waals surface area contributed by atoms with Crippen LogP contribution in [-0.2, 0) is 26.2 Å². The van der Waals surface area contributed by atoms with Gasteiger partial charge in [0.05, 0.1) is 19.1 Å². The number of benzene rings is 2. The number of carboxylic acid groups (broad SMARTS) is 1. The number of carbonyl (C=O) groups is 2. The van der Waals surface area contributed by atoms with Crippen LogP contribution in [0.1, 0.15) is 61.6 Å². The predicted octanol–water partition coefficient (Wildman–Crippen LogP) is 3.93. The molecule has 0 radical (unpaired) electrons. The Morgan fingerprint density at radius 3 is 2.46 bits per heavy atom. The third kappa shape index (κ3) is 4.60. The molecule has 0 aromatic heterocycles. The van der Waals surface area contributed by atoms with Crippen LogP contribution >= 0.6 is 0 Å². The fourth-order valence-corrected chi connectivity index (χ4v) is 3.50. The second-order valence-electron chi connectivity index (χ2n) is 8.23. The van der Waals surface area contributed by atoms with E-state index in [4.69, 9.17) is 4.74 Å². The maximum absolute atomic E-state index is 12.9. The van der Waals surface area contributed by atoms with E-state index in [-0.39, 0.29) is 17.7 Å². The van der Waals surface area contributed by atoms with Crippen molar-refractivity contribution >= 4 is 11.9 Å². The molecule has 5 heteroatoms. The summed E-state index contributed by atoms with van der Waals surface area (Å²) in [5.74, 6) is -1.27. The number of ether oxygens (including phenoxy) is 1. The second kappa shape index (κ2) is 8.15. The number of nitrogens with one attached hydrogen (secondary N) is 1. The number of hydrogen-bond acceptors (Lipinski definition) is 3. The fraction of sp³-hybridized carbons (Fsp3) is 0.391. The number of rotatable bonds is 5. The standard InChI is InChI=1S/C23H27NO4/c1-23(2,3)17-10-8-16(9-11-17)19(14-20(25)26)24-22(27)21-18-7-5-4-6-15(18)12-13-28-21/h4-11,19,21H,12-14H2,1-3H3,(H,24,27)(H,25,26)/t19-,21+/m0/s1. The normalized spacial score (nSPS) is 17.5. The van der Waals surface area contributed by atoms with Gasteiger partial charge in [0, 0.05) is 0 Å². The highest BCUT2D eigenvalue weighted by atomic mass is 16.5. The van der Waals surface area contributed by atoms with Crippen molar-refractivity contribution in [3.05, 3.63) is 70.8 Å². The Kier molecular flexibility index (Phi) is 5.84. The van der Waals surface area contributed by atoms with Crippen LogP contribution < -0.4 is 5.32 Å². The topological polar surface area (TPSA) is 75.6 Å². The number of aliphatic carboxylic acids is 1. The van der Waals surface area contributed by atoms with Gasteiger partial charge in [0.25, 0.3) is 5.91 Å². The van der Waals surface area contributed by atoms with Crippen molar-refractivity contribution in [1.29, 1.82) is 0 Å². The molecule has 3 rings (SSSR count). The molecule has 2 atom stereocenters. The zero-order valence-electron chi connectivity index (χ0n) is 16.6. The Morgan fingerprint density at radius 1 is 1.14 bits per heavy atom. The molecular weight excluding hydrogens is 354 g/mol. The maximum atomic E-state index is 12.9. The molecule has 0 spiro atoms. The van der Waals surface area contributed by atoms with Gasteiger partial charge in [0.1, 0.15) is 0 Å². The molecule has 2 aromatic carbocycles. The van der Waals surface area contributed by atoms with Crippen LogP contribution in [0.5, 0.6) is 0 Å². The van der Waals surface area contributed by atoms with E-state index < -0.39 is 18.1 Å². The summed E-state index contributed by atoms with van der Waals surface area (Å²) in [6.07, 6.45) is -0.128. The quantitative estimate of drug-likeness (QED) is 0.823. The van der Waals surface area contributed by atoms with Gasteiger partial charge in [-0.1, -0.05) is 69.3 Å². The number of amides is 1. The smallest absolute Gasteiger partial charge is 0.305 e. The van der Waals surface area contributed by atoms with Crippen LogP contribution in [0.2, 0.25) is 0 Å². The zero-order valence-corrected chi connectivity index (χ0v) is 16.6. The lowest BCUT2D eigenvalue weighted by Crippen LogP contribution is -2.37. The van der Waals surface area contributed by atoms with Crippen molar-refractivity contribution < 1.29 is 19.4 Å². The van der Waals surface area contributed by atoms with Gasteiger partial charge in [-0.3, -0.25) is 9.59 Å². The Morgan fingerprint density at radius 2 is 1.82 bits per heavy atom. The van der Waals surface area contributed by atoms with Gasteiger partial charge in [-0.05, 0) is 34.1 Å². The number of carboxylic acids is 1. The van der Waals surface area contributed by atoms with Crippen LogP contribution in [0.4, 0.5) is 0 Å². The Hall–Kier alpha value is -2.66. The lowest BCUT2D eigenvalue weighted by molar-refractivity contribution is -0.139. The van der Waals surface area contributed by atoms with Crippen molar-refractivity contribution in [3.8, 4) is 0 Å². The van der Waals surface area contributed by atoms with Gasteiger partial charge >= 0.3 is 5.97 Å². The van der Waals surface area contributed by atoms with E-state index in [0.717, 1.165) is 28.7 Å². The summed E-state index contributed by atoms with van der Waals surface area (Å²) in [7, 11) is 0. The molecule has 0 bridgehead atoms. The summed E-state index contributed by atoms with van der Waals surface area (Å²) < 4.78 is 5.71. The highest BCUT2D eigenvalue weighted by Crippen LogP contribution is 2.29. The van der Waals surface area contributed by atoms with Crippen molar-refractivity contribution in [2.45, 2.75) is 51.2 Å². The maximum Gasteiger partial charge on any atom is 0.305 e. The average Bonchev–Trinajstić information content (AvgIpc) is 2.66. The average molecular weight is 381 g/mol.